The third-order valence-electron chi connectivity index (χ3n) is 2.61. The van der Waals surface area contributed by atoms with Gasteiger partial charge in [0.2, 0.25) is 17.2 Å². The molecule has 0 saturated heterocycles. The minimum atomic E-state index is -0.911. The molecule has 0 fully saturated rings. The van der Waals surface area contributed by atoms with Crippen molar-refractivity contribution in [1.29, 1.82) is 0 Å². The maximum atomic E-state index is 10.1. The molecular weight excluding hydrogens is 282 g/mol. The molecule has 0 bridgehead atoms. The fourth-order valence-corrected chi connectivity index (χ4v) is 1.58. The van der Waals surface area contributed by atoms with Crippen molar-refractivity contribution in [2.45, 2.75) is 32.3 Å². The monoisotopic (exact) mass is 303 g/mol. The standard InChI is InChI=1S/C12H22ClN5O2/c1-4-6-14-10-16-9(13)17-11(18-10)15-8-12(2,19)5-7-20-3/h19H,4-8H2,1-3H3,(H2,14,15,16,17,18). The largest absolute Gasteiger partial charge is 0.388 e. The average molecular weight is 304 g/mol. The molecule has 8 heteroatoms. The van der Waals surface area contributed by atoms with E-state index in [-0.39, 0.29) is 5.28 Å². The number of rotatable bonds is 9. The van der Waals surface area contributed by atoms with E-state index < -0.39 is 5.60 Å². The molecule has 0 aromatic carbocycles. The third-order valence-corrected chi connectivity index (χ3v) is 2.78. The van der Waals surface area contributed by atoms with Gasteiger partial charge in [0, 0.05) is 33.2 Å². The SMILES string of the molecule is CCCNc1nc(Cl)nc(NCC(C)(O)CCOC)n1. The van der Waals surface area contributed by atoms with Crippen molar-refractivity contribution in [1.82, 2.24) is 15.0 Å². The molecule has 3 N–H and O–H groups in total. The van der Waals surface area contributed by atoms with Gasteiger partial charge in [-0.25, -0.2) is 0 Å². The van der Waals surface area contributed by atoms with Crippen molar-refractivity contribution in [3.63, 3.8) is 0 Å². The Kier molecular flexibility index (Phi) is 6.90. The van der Waals surface area contributed by atoms with Gasteiger partial charge in [0.1, 0.15) is 0 Å². The van der Waals surface area contributed by atoms with Crippen LogP contribution in [0.1, 0.15) is 26.7 Å². The highest BCUT2D eigenvalue weighted by Crippen LogP contribution is 2.13. The van der Waals surface area contributed by atoms with Crippen LogP contribution in [0.2, 0.25) is 5.28 Å². The van der Waals surface area contributed by atoms with Gasteiger partial charge in [-0.05, 0) is 24.9 Å². The molecule has 1 atom stereocenters. The summed E-state index contributed by atoms with van der Waals surface area (Å²) >= 11 is 5.84. The summed E-state index contributed by atoms with van der Waals surface area (Å²) in [7, 11) is 1.60. The number of anilines is 2. The van der Waals surface area contributed by atoms with Crippen molar-refractivity contribution in [2.75, 3.05) is 37.4 Å². The first-order valence-corrected chi connectivity index (χ1v) is 6.95. The van der Waals surface area contributed by atoms with Gasteiger partial charge < -0.3 is 20.5 Å². The molecule has 0 aliphatic rings. The Hall–Kier alpha value is -1.18. The number of hydrogen-bond acceptors (Lipinski definition) is 7. The average Bonchev–Trinajstić information content (AvgIpc) is 2.40. The van der Waals surface area contributed by atoms with Crippen molar-refractivity contribution in [2.24, 2.45) is 0 Å². The highest BCUT2D eigenvalue weighted by molar-refractivity contribution is 6.28. The lowest BCUT2D eigenvalue weighted by Gasteiger charge is -2.23. The summed E-state index contributed by atoms with van der Waals surface area (Å²) in [5.74, 6) is 0.757. The lowest BCUT2D eigenvalue weighted by Crippen LogP contribution is -2.35. The van der Waals surface area contributed by atoms with Crippen LogP contribution in [0.15, 0.2) is 0 Å². The molecule has 20 heavy (non-hydrogen) atoms. The molecule has 1 rings (SSSR count). The Morgan fingerprint density at radius 2 is 1.90 bits per heavy atom. The van der Waals surface area contributed by atoms with Crippen molar-refractivity contribution in [3.05, 3.63) is 5.28 Å². The topological polar surface area (TPSA) is 92.2 Å². The quantitative estimate of drug-likeness (QED) is 0.637. The molecular formula is C12H22ClN5O2. The lowest BCUT2D eigenvalue weighted by atomic mass is 10.0. The maximum Gasteiger partial charge on any atom is 0.228 e. The summed E-state index contributed by atoms with van der Waals surface area (Å²) in [5, 5.41) is 16.2. The molecule has 1 aromatic heterocycles. The lowest BCUT2D eigenvalue weighted by molar-refractivity contribution is 0.0356. The molecule has 0 radical (unpaired) electrons. The second kappa shape index (κ2) is 8.18. The van der Waals surface area contributed by atoms with Gasteiger partial charge in [-0.1, -0.05) is 6.92 Å². The zero-order valence-corrected chi connectivity index (χ0v) is 12.9. The van der Waals surface area contributed by atoms with E-state index in [1.54, 1.807) is 14.0 Å². The van der Waals surface area contributed by atoms with Crippen LogP contribution in [-0.4, -0.2) is 52.5 Å². The van der Waals surface area contributed by atoms with Gasteiger partial charge in [-0.15, -0.1) is 0 Å². The Labute approximate surface area is 124 Å². The van der Waals surface area contributed by atoms with E-state index in [4.69, 9.17) is 16.3 Å². The number of methoxy groups -OCH3 is 1. The van der Waals surface area contributed by atoms with Crippen LogP contribution in [0.4, 0.5) is 11.9 Å². The molecule has 1 aromatic rings. The Morgan fingerprint density at radius 3 is 2.50 bits per heavy atom. The molecule has 1 heterocycles. The van der Waals surface area contributed by atoms with Gasteiger partial charge in [-0.3, -0.25) is 0 Å². The van der Waals surface area contributed by atoms with Crippen molar-refractivity contribution < 1.29 is 9.84 Å². The van der Waals surface area contributed by atoms with E-state index in [2.05, 4.69) is 25.6 Å². The van der Waals surface area contributed by atoms with E-state index in [1.165, 1.54) is 0 Å². The van der Waals surface area contributed by atoms with Crippen LogP contribution >= 0.6 is 11.6 Å². The zero-order valence-electron chi connectivity index (χ0n) is 12.1. The highest BCUT2D eigenvalue weighted by atomic mass is 35.5. The fraction of sp³-hybridized carbons (Fsp3) is 0.750. The van der Waals surface area contributed by atoms with E-state index in [0.29, 0.717) is 31.5 Å². The van der Waals surface area contributed by atoms with Gasteiger partial charge in [0.05, 0.1) is 5.60 Å². The smallest absolute Gasteiger partial charge is 0.228 e. The molecule has 114 valence electrons. The summed E-state index contributed by atoms with van der Waals surface area (Å²) in [5.41, 5.74) is -0.911. The van der Waals surface area contributed by atoms with Gasteiger partial charge in [0.25, 0.3) is 0 Å². The maximum absolute atomic E-state index is 10.1. The molecule has 0 amide bonds. The molecule has 0 aliphatic heterocycles. The summed E-state index contributed by atoms with van der Waals surface area (Å²) in [4.78, 5) is 12.1. The zero-order chi connectivity index (χ0) is 15.0. The van der Waals surface area contributed by atoms with Crippen LogP contribution in [0.5, 0.6) is 0 Å². The molecule has 0 spiro atoms. The highest BCUT2D eigenvalue weighted by Gasteiger charge is 2.20. The first kappa shape index (κ1) is 16.9. The van der Waals surface area contributed by atoms with Crippen molar-refractivity contribution in [3.8, 4) is 0 Å². The van der Waals surface area contributed by atoms with E-state index >= 15 is 0 Å². The summed E-state index contributed by atoms with van der Waals surface area (Å²) in [6, 6.07) is 0. The number of halogens is 1. The predicted molar refractivity (Wildman–Crippen MR) is 79.2 cm³/mol. The minimum Gasteiger partial charge on any atom is -0.388 e. The van der Waals surface area contributed by atoms with Crippen LogP contribution in [0.3, 0.4) is 0 Å². The Morgan fingerprint density at radius 1 is 1.25 bits per heavy atom. The van der Waals surface area contributed by atoms with Crippen LogP contribution < -0.4 is 10.6 Å². The summed E-state index contributed by atoms with van der Waals surface area (Å²) in [6.07, 6.45) is 1.47. The summed E-state index contributed by atoms with van der Waals surface area (Å²) in [6.45, 7) is 5.30. The summed E-state index contributed by atoms with van der Waals surface area (Å²) < 4.78 is 4.95. The van der Waals surface area contributed by atoms with E-state index in [0.717, 1.165) is 13.0 Å². The minimum absolute atomic E-state index is 0.109. The third kappa shape index (κ3) is 6.31. The second-order valence-electron chi connectivity index (χ2n) is 4.77. The fourth-order valence-electron chi connectivity index (χ4n) is 1.42. The van der Waals surface area contributed by atoms with Gasteiger partial charge >= 0.3 is 0 Å². The molecule has 1 unspecified atom stereocenters. The number of aromatic nitrogens is 3. The second-order valence-corrected chi connectivity index (χ2v) is 5.11. The number of nitrogens with one attached hydrogen (secondary N) is 2. The van der Waals surface area contributed by atoms with Crippen LogP contribution in [-0.2, 0) is 4.74 Å². The first-order chi connectivity index (χ1) is 9.46. The van der Waals surface area contributed by atoms with E-state index in [9.17, 15) is 5.11 Å². The van der Waals surface area contributed by atoms with E-state index in [1.807, 2.05) is 6.92 Å². The number of aliphatic hydroxyl groups is 1. The Bertz CT molecular complexity index is 417. The molecule has 0 saturated carbocycles. The van der Waals surface area contributed by atoms with Crippen molar-refractivity contribution >= 4 is 23.5 Å². The predicted octanol–water partition coefficient (Wildman–Crippen LogP) is 1.55. The molecule has 7 nitrogen and oxygen atoms in total. The van der Waals surface area contributed by atoms with Gasteiger partial charge in [-0.2, -0.15) is 15.0 Å². The van der Waals surface area contributed by atoms with Crippen LogP contribution in [0.25, 0.3) is 0 Å². The van der Waals surface area contributed by atoms with Crippen LogP contribution in [0, 0.1) is 0 Å². The Balaban J connectivity index is 2.60. The molecule has 0 aliphatic carbocycles. The number of ether oxygens (including phenoxy) is 1. The van der Waals surface area contributed by atoms with Gasteiger partial charge in [0.15, 0.2) is 0 Å². The number of hydrogen-bond donors (Lipinski definition) is 3. The first-order valence-electron chi connectivity index (χ1n) is 6.57. The normalized spacial score (nSPS) is 13.8. The number of nitrogens with zero attached hydrogens (tertiary/aromatic N) is 3.